The van der Waals surface area contributed by atoms with Gasteiger partial charge in [0.25, 0.3) is 6.43 Å². The Hall–Kier alpha value is -1.62. The Bertz CT molecular complexity index is 570. The van der Waals surface area contributed by atoms with Gasteiger partial charge in [-0.05, 0) is 35.9 Å². The molecule has 2 aromatic carbocycles. The van der Waals surface area contributed by atoms with Crippen molar-refractivity contribution in [3.8, 4) is 5.75 Å². The van der Waals surface area contributed by atoms with E-state index in [-0.39, 0.29) is 5.56 Å². The number of hydrogen-bond donors (Lipinski definition) is 0. The van der Waals surface area contributed by atoms with E-state index >= 15 is 0 Å². The summed E-state index contributed by atoms with van der Waals surface area (Å²) < 4.78 is 43.5. The zero-order valence-electron chi connectivity index (χ0n) is 10.8. The maximum Gasteiger partial charge on any atom is 0.263 e. The van der Waals surface area contributed by atoms with Gasteiger partial charge >= 0.3 is 0 Å². The van der Waals surface area contributed by atoms with Crippen LogP contribution in [0.25, 0.3) is 0 Å². The van der Waals surface area contributed by atoms with Crippen LogP contribution in [-0.2, 0) is 5.75 Å². The summed E-state index contributed by atoms with van der Waals surface area (Å²) in [5.74, 6) is 0.695. The molecule has 106 valence electrons. The van der Waals surface area contributed by atoms with Crippen molar-refractivity contribution in [1.82, 2.24) is 0 Å². The van der Waals surface area contributed by atoms with Gasteiger partial charge in [0, 0.05) is 16.2 Å². The zero-order chi connectivity index (χ0) is 14.5. The van der Waals surface area contributed by atoms with Gasteiger partial charge in [0.2, 0.25) is 0 Å². The van der Waals surface area contributed by atoms with Crippen LogP contribution in [0.5, 0.6) is 5.75 Å². The van der Waals surface area contributed by atoms with Crippen LogP contribution in [0.2, 0.25) is 0 Å². The van der Waals surface area contributed by atoms with E-state index in [1.165, 1.54) is 23.9 Å². The van der Waals surface area contributed by atoms with Gasteiger partial charge in [0.1, 0.15) is 11.6 Å². The minimum Gasteiger partial charge on any atom is -0.497 e. The summed E-state index contributed by atoms with van der Waals surface area (Å²) in [5, 5.41) is 0. The third-order valence-electron chi connectivity index (χ3n) is 2.71. The van der Waals surface area contributed by atoms with Crippen molar-refractivity contribution < 1.29 is 17.9 Å². The molecule has 0 radical (unpaired) electrons. The Balaban J connectivity index is 2.06. The molecule has 0 saturated carbocycles. The molecule has 2 aromatic rings. The molecule has 0 N–H and O–H groups in total. The highest BCUT2D eigenvalue weighted by Crippen LogP contribution is 2.29. The van der Waals surface area contributed by atoms with Crippen LogP contribution in [-0.4, -0.2) is 7.11 Å². The third-order valence-corrected chi connectivity index (χ3v) is 3.76. The predicted molar refractivity (Wildman–Crippen MR) is 73.9 cm³/mol. The molecule has 20 heavy (non-hydrogen) atoms. The predicted octanol–water partition coefficient (Wildman–Crippen LogP) is 5.06. The summed E-state index contributed by atoms with van der Waals surface area (Å²) in [6.45, 7) is 0. The molecule has 0 saturated heterocycles. The molecule has 2 rings (SSSR count). The minimum atomic E-state index is -2.66. The summed E-state index contributed by atoms with van der Waals surface area (Å²) in [6, 6.07) is 10.9. The first-order valence-corrected chi connectivity index (χ1v) is 6.91. The fraction of sp³-hybridized carbons (Fsp3) is 0.200. The fourth-order valence-corrected chi connectivity index (χ4v) is 2.62. The standard InChI is InChI=1S/C15H13F3OS/c1-19-13-4-2-10(3-5-13)9-20-14-7-11(15(17)18)6-12(16)8-14/h2-8,15H,9H2,1H3. The van der Waals surface area contributed by atoms with E-state index in [0.29, 0.717) is 10.6 Å². The molecule has 0 unspecified atom stereocenters. The number of hydrogen-bond acceptors (Lipinski definition) is 2. The summed E-state index contributed by atoms with van der Waals surface area (Å²) in [4.78, 5) is 0.496. The molecule has 0 amide bonds. The average Bonchev–Trinajstić information content (AvgIpc) is 2.45. The van der Waals surface area contributed by atoms with Crippen LogP contribution in [0.3, 0.4) is 0 Å². The number of thioether (sulfide) groups is 1. The molecule has 1 nitrogen and oxygen atoms in total. The number of methoxy groups -OCH3 is 1. The molecule has 0 heterocycles. The number of alkyl halides is 2. The van der Waals surface area contributed by atoms with Gasteiger partial charge in [-0.25, -0.2) is 13.2 Å². The van der Waals surface area contributed by atoms with Crippen LogP contribution in [0.1, 0.15) is 17.6 Å². The molecule has 0 aromatic heterocycles. The third kappa shape index (κ3) is 3.93. The second-order valence-corrected chi connectivity index (χ2v) is 5.21. The van der Waals surface area contributed by atoms with E-state index in [2.05, 4.69) is 0 Å². The van der Waals surface area contributed by atoms with E-state index in [0.717, 1.165) is 17.4 Å². The molecule has 0 aliphatic heterocycles. The number of benzene rings is 2. The maximum absolute atomic E-state index is 13.2. The highest BCUT2D eigenvalue weighted by molar-refractivity contribution is 7.98. The average molecular weight is 298 g/mol. The normalized spacial score (nSPS) is 10.8. The summed E-state index contributed by atoms with van der Waals surface area (Å²) in [6.07, 6.45) is -2.66. The Morgan fingerprint density at radius 2 is 1.80 bits per heavy atom. The monoisotopic (exact) mass is 298 g/mol. The van der Waals surface area contributed by atoms with E-state index in [1.807, 2.05) is 24.3 Å². The SMILES string of the molecule is COc1ccc(CSc2cc(F)cc(C(F)F)c2)cc1. The summed E-state index contributed by atoms with van der Waals surface area (Å²) >= 11 is 1.32. The van der Waals surface area contributed by atoms with Crippen LogP contribution in [0, 0.1) is 5.82 Å². The second-order valence-electron chi connectivity index (χ2n) is 4.16. The van der Waals surface area contributed by atoms with Crippen molar-refractivity contribution in [2.24, 2.45) is 0 Å². The van der Waals surface area contributed by atoms with Crippen molar-refractivity contribution in [2.75, 3.05) is 7.11 Å². The molecule has 0 bridgehead atoms. The van der Waals surface area contributed by atoms with Crippen molar-refractivity contribution in [3.63, 3.8) is 0 Å². The van der Waals surface area contributed by atoms with E-state index < -0.39 is 12.2 Å². The van der Waals surface area contributed by atoms with Gasteiger partial charge in [0.05, 0.1) is 7.11 Å². The van der Waals surface area contributed by atoms with Crippen molar-refractivity contribution in [2.45, 2.75) is 17.1 Å². The van der Waals surface area contributed by atoms with Crippen molar-refractivity contribution >= 4 is 11.8 Å². The summed E-state index contributed by atoms with van der Waals surface area (Å²) in [7, 11) is 1.59. The lowest BCUT2D eigenvalue weighted by Gasteiger charge is -2.06. The maximum atomic E-state index is 13.2. The van der Waals surface area contributed by atoms with E-state index in [1.54, 1.807) is 7.11 Å². The van der Waals surface area contributed by atoms with Crippen molar-refractivity contribution in [1.29, 1.82) is 0 Å². The van der Waals surface area contributed by atoms with E-state index in [9.17, 15) is 13.2 Å². The van der Waals surface area contributed by atoms with E-state index in [4.69, 9.17) is 4.74 Å². The molecule has 5 heteroatoms. The largest absolute Gasteiger partial charge is 0.497 e. The number of halogens is 3. The van der Waals surface area contributed by atoms with Gasteiger partial charge in [0.15, 0.2) is 0 Å². The highest BCUT2D eigenvalue weighted by Gasteiger charge is 2.10. The number of rotatable bonds is 5. The molecular formula is C15H13F3OS. The smallest absolute Gasteiger partial charge is 0.263 e. The van der Waals surface area contributed by atoms with Crippen LogP contribution >= 0.6 is 11.8 Å². The minimum absolute atomic E-state index is 0.290. The Morgan fingerprint density at radius 1 is 1.10 bits per heavy atom. The summed E-state index contributed by atoms with van der Waals surface area (Å²) in [5.41, 5.74) is 0.723. The molecular weight excluding hydrogens is 285 g/mol. The molecule has 0 aliphatic carbocycles. The van der Waals surface area contributed by atoms with Gasteiger partial charge in [-0.15, -0.1) is 11.8 Å². The quantitative estimate of drug-likeness (QED) is 0.713. The van der Waals surface area contributed by atoms with Gasteiger partial charge < -0.3 is 4.74 Å². The van der Waals surface area contributed by atoms with Crippen LogP contribution in [0.4, 0.5) is 13.2 Å². The fourth-order valence-electron chi connectivity index (χ4n) is 1.68. The zero-order valence-corrected chi connectivity index (χ0v) is 11.6. The highest BCUT2D eigenvalue weighted by atomic mass is 32.2. The molecule has 0 spiro atoms. The van der Waals surface area contributed by atoms with Crippen molar-refractivity contribution in [3.05, 3.63) is 59.4 Å². The molecule has 0 atom stereocenters. The van der Waals surface area contributed by atoms with Crippen LogP contribution in [0.15, 0.2) is 47.4 Å². The van der Waals surface area contributed by atoms with Crippen LogP contribution < -0.4 is 4.74 Å². The van der Waals surface area contributed by atoms with Gasteiger partial charge in [-0.1, -0.05) is 12.1 Å². The number of ether oxygens (including phenoxy) is 1. The lowest BCUT2D eigenvalue weighted by atomic mass is 10.2. The first kappa shape index (κ1) is 14.8. The topological polar surface area (TPSA) is 9.23 Å². The molecule has 0 fully saturated rings. The lowest BCUT2D eigenvalue weighted by Crippen LogP contribution is -1.89. The Morgan fingerprint density at radius 3 is 2.40 bits per heavy atom. The molecule has 0 aliphatic rings. The Labute approximate surface area is 119 Å². The van der Waals surface area contributed by atoms with Gasteiger partial charge in [-0.2, -0.15) is 0 Å². The second kappa shape index (κ2) is 6.70. The Kier molecular flexibility index (Phi) is 4.95. The van der Waals surface area contributed by atoms with Gasteiger partial charge in [-0.3, -0.25) is 0 Å². The lowest BCUT2D eigenvalue weighted by molar-refractivity contribution is 0.150. The first-order valence-electron chi connectivity index (χ1n) is 5.93. The first-order chi connectivity index (χ1) is 9.58.